The van der Waals surface area contributed by atoms with E-state index in [-0.39, 0.29) is 5.82 Å². The molecule has 0 amide bonds. The van der Waals surface area contributed by atoms with Crippen LogP contribution in [-0.4, -0.2) is 21.3 Å². The third kappa shape index (κ3) is 5.26. The molecule has 3 aromatic carbocycles. The summed E-state index contributed by atoms with van der Waals surface area (Å²) in [5.41, 5.74) is 6.43. The highest BCUT2D eigenvalue weighted by atomic mass is 35.5. The van der Waals surface area contributed by atoms with Crippen LogP contribution in [0.15, 0.2) is 72.9 Å². The number of carboxylic acid groups (broad SMARTS) is 1. The van der Waals surface area contributed by atoms with Gasteiger partial charge in [0, 0.05) is 11.5 Å². The Morgan fingerprint density at radius 3 is 2.50 bits per heavy atom. The Kier molecular flexibility index (Phi) is 6.94. The Balaban J connectivity index is 1.97. The van der Waals surface area contributed by atoms with Gasteiger partial charge in [0.2, 0.25) is 0 Å². The van der Waals surface area contributed by atoms with Crippen LogP contribution in [0.25, 0.3) is 28.1 Å². The van der Waals surface area contributed by atoms with Gasteiger partial charge < -0.3 is 5.11 Å². The monoisotopic (exact) mass is 474 g/mol. The lowest BCUT2D eigenvalue weighted by Crippen LogP contribution is -2.00. The van der Waals surface area contributed by atoms with Crippen molar-refractivity contribution in [3.63, 3.8) is 0 Å². The number of halogens is 2. The van der Waals surface area contributed by atoms with Gasteiger partial charge in [0.15, 0.2) is 0 Å². The number of carboxylic acids is 1. The van der Waals surface area contributed by atoms with Crippen LogP contribution in [0.5, 0.6) is 0 Å². The molecule has 0 fully saturated rings. The van der Waals surface area contributed by atoms with Gasteiger partial charge in [-0.05, 0) is 76.1 Å². The molecule has 0 unspecified atom stereocenters. The van der Waals surface area contributed by atoms with Crippen molar-refractivity contribution in [2.24, 2.45) is 5.92 Å². The summed E-state index contributed by atoms with van der Waals surface area (Å²) in [7, 11) is 0. The average molecular weight is 475 g/mol. The van der Waals surface area contributed by atoms with E-state index in [1.54, 1.807) is 18.3 Å². The van der Waals surface area contributed by atoms with Crippen LogP contribution in [0, 0.1) is 11.7 Å². The molecular formula is C28H24ClFN2O2. The van der Waals surface area contributed by atoms with Gasteiger partial charge in [-0.25, -0.2) is 9.18 Å². The number of aromatic amines is 1. The lowest BCUT2D eigenvalue weighted by molar-refractivity contribution is -0.131. The normalized spacial score (nSPS) is 12.5. The predicted octanol–water partition coefficient (Wildman–Crippen LogP) is 7.46. The zero-order valence-electron chi connectivity index (χ0n) is 18.8. The highest BCUT2D eigenvalue weighted by Gasteiger charge is 2.18. The third-order valence-corrected chi connectivity index (χ3v) is 5.83. The smallest absolute Gasteiger partial charge is 0.328 e. The molecule has 0 radical (unpaired) electrons. The molecule has 172 valence electrons. The van der Waals surface area contributed by atoms with Crippen LogP contribution in [0.4, 0.5) is 4.39 Å². The van der Waals surface area contributed by atoms with Gasteiger partial charge in [-0.2, -0.15) is 5.10 Å². The zero-order valence-corrected chi connectivity index (χ0v) is 19.6. The number of benzene rings is 3. The highest BCUT2D eigenvalue weighted by Crippen LogP contribution is 2.39. The summed E-state index contributed by atoms with van der Waals surface area (Å²) >= 11 is 6.55. The van der Waals surface area contributed by atoms with E-state index in [9.17, 15) is 9.18 Å². The number of aliphatic carboxylic acids is 1. The van der Waals surface area contributed by atoms with E-state index in [4.69, 9.17) is 16.7 Å². The molecule has 4 aromatic rings. The summed E-state index contributed by atoms with van der Waals surface area (Å²) in [6, 6.07) is 18.3. The first-order chi connectivity index (χ1) is 16.3. The zero-order chi connectivity index (χ0) is 24.2. The van der Waals surface area contributed by atoms with Crippen molar-refractivity contribution in [1.29, 1.82) is 0 Å². The van der Waals surface area contributed by atoms with Crippen molar-refractivity contribution in [1.82, 2.24) is 10.2 Å². The molecule has 4 nitrogen and oxygen atoms in total. The van der Waals surface area contributed by atoms with Crippen LogP contribution < -0.4 is 0 Å². The molecule has 0 spiro atoms. The van der Waals surface area contributed by atoms with Crippen LogP contribution in [0.3, 0.4) is 0 Å². The van der Waals surface area contributed by atoms with Gasteiger partial charge in [0.25, 0.3) is 0 Å². The molecule has 34 heavy (non-hydrogen) atoms. The minimum Gasteiger partial charge on any atom is -0.478 e. The minimum absolute atomic E-state index is 0.321. The molecular weight excluding hydrogens is 451 g/mol. The minimum atomic E-state index is -0.997. The fraction of sp³-hybridized carbons (Fsp3) is 0.143. The largest absolute Gasteiger partial charge is 0.478 e. The van der Waals surface area contributed by atoms with Gasteiger partial charge in [-0.15, -0.1) is 0 Å². The fourth-order valence-electron chi connectivity index (χ4n) is 4.03. The van der Waals surface area contributed by atoms with Crippen LogP contribution in [0.2, 0.25) is 5.02 Å². The number of rotatable bonds is 7. The van der Waals surface area contributed by atoms with Crippen LogP contribution >= 0.6 is 11.6 Å². The second kappa shape index (κ2) is 10.1. The highest BCUT2D eigenvalue weighted by molar-refractivity contribution is 6.32. The Morgan fingerprint density at radius 2 is 1.82 bits per heavy atom. The van der Waals surface area contributed by atoms with Gasteiger partial charge in [0.1, 0.15) is 5.82 Å². The number of H-pyrrole nitrogens is 1. The van der Waals surface area contributed by atoms with Crippen LogP contribution in [0.1, 0.15) is 42.5 Å². The second-order valence-corrected chi connectivity index (χ2v) is 8.95. The summed E-state index contributed by atoms with van der Waals surface area (Å²) in [6.45, 7) is 4.27. The molecule has 0 atom stereocenters. The van der Waals surface area contributed by atoms with Crippen molar-refractivity contribution < 1.29 is 14.3 Å². The first-order valence-corrected chi connectivity index (χ1v) is 11.3. The summed E-state index contributed by atoms with van der Waals surface area (Å²) in [6.07, 6.45) is 5.17. The molecule has 0 saturated heterocycles. The van der Waals surface area contributed by atoms with E-state index in [2.05, 4.69) is 30.1 Å². The molecule has 0 aliphatic heterocycles. The first kappa shape index (κ1) is 23.5. The number of allylic oxidation sites excluding steroid dienone is 1. The van der Waals surface area contributed by atoms with Crippen molar-refractivity contribution in [2.45, 2.75) is 20.3 Å². The Morgan fingerprint density at radius 1 is 1.09 bits per heavy atom. The van der Waals surface area contributed by atoms with Gasteiger partial charge in [-0.3, -0.25) is 5.10 Å². The molecule has 0 bridgehead atoms. The number of carbonyl (C=O) groups is 1. The Hall–Kier alpha value is -3.70. The number of hydrogen-bond acceptors (Lipinski definition) is 2. The van der Waals surface area contributed by atoms with E-state index in [0.29, 0.717) is 10.9 Å². The van der Waals surface area contributed by atoms with Gasteiger partial charge in [0.05, 0.1) is 16.7 Å². The molecule has 1 aromatic heterocycles. The van der Waals surface area contributed by atoms with Crippen molar-refractivity contribution in [3.05, 3.63) is 106 Å². The summed E-state index contributed by atoms with van der Waals surface area (Å²) in [5.74, 6) is -1.06. The van der Waals surface area contributed by atoms with Crippen molar-refractivity contribution in [3.8, 4) is 0 Å². The average Bonchev–Trinajstić information content (AvgIpc) is 3.26. The van der Waals surface area contributed by atoms with E-state index in [1.807, 2.05) is 36.4 Å². The maximum absolute atomic E-state index is 13.9. The lowest BCUT2D eigenvalue weighted by atomic mass is 9.85. The number of nitrogens with one attached hydrogen (secondary N) is 1. The van der Waals surface area contributed by atoms with Crippen molar-refractivity contribution in [2.75, 3.05) is 0 Å². The third-order valence-electron chi connectivity index (χ3n) is 5.52. The predicted molar refractivity (Wildman–Crippen MR) is 136 cm³/mol. The number of fused-ring (bicyclic) bond motifs is 1. The quantitative estimate of drug-likeness (QED) is 0.216. The second-order valence-electron chi connectivity index (χ2n) is 8.54. The van der Waals surface area contributed by atoms with E-state index in [1.165, 1.54) is 12.1 Å². The summed E-state index contributed by atoms with van der Waals surface area (Å²) < 4.78 is 13.9. The molecule has 0 saturated carbocycles. The Labute approximate surface area is 202 Å². The molecule has 4 rings (SSSR count). The van der Waals surface area contributed by atoms with E-state index in [0.717, 1.165) is 56.8 Å². The van der Waals surface area contributed by atoms with E-state index >= 15 is 0 Å². The fourth-order valence-corrected chi connectivity index (χ4v) is 4.31. The van der Waals surface area contributed by atoms with Crippen LogP contribution in [-0.2, 0) is 4.79 Å². The van der Waals surface area contributed by atoms with E-state index < -0.39 is 5.97 Å². The SMILES string of the molecule is CC(C)CC(=C(c1ccc(C=CC(=O)O)cc1)c1ccc2[nH]ncc2c1)c1ccc(F)cc1Cl. The molecule has 2 N–H and O–H groups in total. The molecule has 0 aliphatic carbocycles. The van der Waals surface area contributed by atoms with Gasteiger partial charge >= 0.3 is 5.97 Å². The molecule has 1 heterocycles. The van der Waals surface area contributed by atoms with Gasteiger partial charge in [-0.1, -0.05) is 61.8 Å². The topological polar surface area (TPSA) is 66.0 Å². The maximum Gasteiger partial charge on any atom is 0.328 e. The maximum atomic E-state index is 13.9. The lowest BCUT2D eigenvalue weighted by Gasteiger charge is -2.20. The number of aromatic nitrogens is 2. The number of hydrogen-bond donors (Lipinski definition) is 2. The summed E-state index contributed by atoms with van der Waals surface area (Å²) in [4.78, 5) is 10.9. The van der Waals surface area contributed by atoms with Crippen molar-refractivity contribution >= 4 is 45.7 Å². The first-order valence-electron chi connectivity index (χ1n) is 11.0. The molecule has 6 heteroatoms. The summed E-state index contributed by atoms with van der Waals surface area (Å²) in [5, 5.41) is 17.4. The molecule has 0 aliphatic rings. The Bertz CT molecular complexity index is 1400. The standard InChI is InChI=1S/C28H24ClFN2O2/c1-17(2)13-24(23-10-9-22(30)15-25(23)29)28(20-8-11-26-21(14-20)16-31-32-26)19-6-3-18(4-7-19)5-12-27(33)34/h3-12,14-17H,13H2,1-2H3,(H,31,32)(H,33,34). The number of nitrogens with zero attached hydrogens (tertiary/aromatic N) is 1.